The van der Waals surface area contributed by atoms with Crippen LogP contribution in [0.5, 0.6) is 11.5 Å². The van der Waals surface area contributed by atoms with Crippen molar-refractivity contribution < 1.29 is 27.1 Å². The fourth-order valence-corrected chi connectivity index (χ4v) is 5.29. The van der Waals surface area contributed by atoms with Crippen molar-refractivity contribution in [3.05, 3.63) is 88.8 Å². The molecule has 1 heterocycles. The summed E-state index contributed by atoms with van der Waals surface area (Å²) >= 11 is 0. The maximum absolute atomic E-state index is 13.7. The Morgan fingerprint density at radius 3 is 2.29 bits per heavy atom. The predicted octanol–water partition coefficient (Wildman–Crippen LogP) is 3.47. The van der Waals surface area contributed by atoms with Gasteiger partial charge in [0.1, 0.15) is 11.5 Å². The van der Waals surface area contributed by atoms with E-state index in [2.05, 4.69) is 14.9 Å². The minimum Gasteiger partial charge on any atom is -0.497 e. The van der Waals surface area contributed by atoms with Crippen LogP contribution in [0.3, 0.4) is 0 Å². The first-order chi connectivity index (χ1) is 18.1. The average Bonchev–Trinajstić information content (AvgIpc) is 3.34. The van der Waals surface area contributed by atoms with Crippen LogP contribution >= 0.6 is 0 Å². The van der Waals surface area contributed by atoms with Gasteiger partial charge < -0.3 is 19.6 Å². The van der Waals surface area contributed by atoms with E-state index >= 15 is 0 Å². The van der Waals surface area contributed by atoms with Crippen molar-refractivity contribution in [1.82, 2.24) is 14.9 Å². The van der Waals surface area contributed by atoms with Crippen LogP contribution in [0.4, 0.5) is 0 Å². The van der Waals surface area contributed by atoms with Crippen LogP contribution in [0.15, 0.2) is 70.0 Å². The Labute approximate surface area is 220 Å². The normalized spacial score (nSPS) is 12.2. The highest BCUT2D eigenvalue weighted by Gasteiger charge is 2.27. The van der Waals surface area contributed by atoms with Crippen LogP contribution in [-0.2, 0) is 21.4 Å². The van der Waals surface area contributed by atoms with Gasteiger partial charge in [-0.2, -0.15) is 0 Å². The second-order valence-corrected chi connectivity index (χ2v) is 10.4. The Morgan fingerprint density at radius 1 is 0.974 bits per heavy atom. The van der Waals surface area contributed by atoms with Gasteiger partial charge >= 0.3 is 0 Å². The molecule has 0 saturated heterocycles. The van der Waals surface area contributed by atoms with Crippen molar-refractivity contribution in [3.8, 4) is 23.0 Å². The van der Waals surface area contributed by atoms with Crippen molar-refractivity contribution in [2.24, 2.45) is 5.73 Å². The number of aromatic nitrogens is 2. The molecule has 0 saturated carbocycles. The van der Waals surface area contributed by atoms with Crippen LogP contribution in [0.2, 0.25) is 0 Å². The number of ether oxygens (including phenoxy) is 2. The molecular weight excluding hydrogens is 508 g/mol. The van der Waals surface area contributed by atoms with Crippen LogP contribution in [0, 0.1) is 13.8 Å². The largest absolute Gasteiger partial charge is 0.497 e. The van der Waals surface area contributed by atoms with Gasteiger partial charge in [-0.05, 0) is 36.2 Å². The highest BCUT2D eigenvalue weighted by Crippen LogP contribution is 2.33. The molecule has 4 aromatic rings. The molecule has 3 N–H and O–H groups in total. The fraction of sp³-hybridized carbons (Fsp3) is 0.222. The number of methoxy groups -OCH3 is 2. The number of primary amides is 1. The van der Waals surface area contributed by atoms with E-state index in [0.29, 0.717) is 28.2 Å². The van der Waals surface area contributed by atoms with E-state index in [4.69, 9.17) is 19.6 Å². The molecule has 0 spiro atoms. The van der Waals surface area contributed by atoms with Crippen LogP contribution < -0.4 is 19.9 Å². The maximum Gasteiger partial charge on any atom is 0.249 e. The van der Waals surface area contributed by atoms with E-state index < -0.39 is 21.8 Å². The summed E-state index contributed by atoms with van der Waals surface area (Å²) in [5.74, 6) is -0.148. The fourth-order valence-electron chi connectivity index (χ4n) is 4.05. The monoisotopic (exact) mass is 536 g/mol. The number of aryl methyl sites for hydroxylation is 2. The summed E-state index contributed by atoms with van der Waals surface area (Å²) in [5.41, 5.74) is 8.62. The van der Waals surface area contributed by atoms with Crippen molar-refractivity contribution in [3.63, 3.8) is 0 Å². The third-order valence-corrected chi connectivity index (χ3v) is 7.47. The summed E-state index contributed by atoms with van der Waals surface area (Å²) in [6, 6.07) is 17.0. The van der Waals surface area contributed by atoms with Gasteiger partial charge in [0, 0.05) is 25.1 Å². The van der Waals surface area contributed by atoms with Crippen LogP contribution in [0.1, 0.15) is 34.1 Å². The van der Waals surface area contributed by atoms with Gasteiger partial charge in [-0.25, -0.2) is 13.1 Å². The molecule has 0 bridgehead atoms. The minimum atomic E-state index is -4.16. The molecule has 0 radical (unpaired) electrons. The Bertz CT molecular complexity index is 1560. The average molecular weight is 537 g/mol. The first-order valence-corrected chi connectivity index (χ1v) is 13.1. The van der Waals surface area contributed by atoms with Crippen molar-refractivity contribution in [1.29, 1.82) is 0 Å². The zero-order valence-electron chi connectivity index (χ0n) is 21.4. The third-order valence-electron chi connectivity index (χ3n) is 6.03. The first-order valence-electron chi connectivity index (χ1n) is 11.6. The molecular formula is C27H28N4O6S. The maximum atomic E-state index is 13.7. The molecule has 0 fully saturated rings. The summed E-state index contributed by atoms with van der Waals surface area (Å²) in [7, 11) is -1.14. The van der Waals surface area contributed by atoms with Gasteiger partial charge in [-0.15, -0.1) is 10.2 Å². The van der Waals surface area contributed by atoms with Gasteiger partial charge in [0.2, 0.25) is 27.7 Å². The lowest BCUT2D eigenvalue weighted by atomic mass is 9.89. The number of carbonyl (C=O) groups excluding carboxylic acids is 1. The molecule has 10 nitrogen and oxygen atoms in total. The molecule has 0 aliphatic heterocycles. The highest BCUT2D eigenvalue weighted by atomic mass is 32.2. The van der Waals surface area contributed by atoms with Gasteiger partial charge in [-0.3, -0.25) is 4.79 Å². The molecule has 3 aromatic carbocycles. The molecule has 1 atom stereocenters. The number of sulfonamides is 1. The van der Waals surface area contributed by atoms with E-state index in [1.54, 1.807) is 43.3 Å². The third kappa shape index (κ3) is 5.68. The van der Waals surface area contributed by atoms with E-state index in [9.17, 15) is 13.2 Å². The number of hydrogen-bond acceptors (Lipinski definition) is 8. The summed E-state index contributed by atoms with van der Waals surface area (Å²) in [6.45, 7) is 3.46. The molecule has 4 rings (SSSR count). The second kappa shape index (κ2) is 11.0. The van der Waals surface area contributed by atoms with Gasteiger partial charge in [-0.1, -0.05) is 42.0 Å². The number of nitrogens with two attached hydrogens (primary N) is 1. The Balaban J connectivity index is 1.78. The zero-order chi connectivity index (χ0) is 27.4. The SMILES string of the molecule is COc1ccc(CNS(=O)(=O)c2cc(C(C(N)=O)c3ccc(C)cc3)ccc2-c2nnc(C)o2)c(OC)c1. The minimum absolute atomic E-state index is 0.0300. The lowest BCUT2D eigenvalue weighted by Crippen LogP contribution is -2.26. The Hall–Kier alpha value is -4.22. The molecule has 0 aliphatic carbocycles. The lowest BCUT2D eigenvalue weighted by Gasteiger charge is -2.18. The number of nitrogens with zero attached hydrogens (tertiary/aromatic N) is 2. The van der Waals surface area contributed by atoms with E-state index in [1.807, 2.05) is 19.1 Å². The van der Waals surface area contributed by atoms with Gasteiger partial charge in [0.05, 0.1) is 30.6 Å². The number of amides is 1. The summed E-state index contributed by atoms with van der Waals surface area (Å²) < 4.78 is 46.1. The standard InChI is InChI=1S/C27H28N4O6S/c1-16-5-7-18(8-6-16)25(26(28)32)19-10-12-22(27-31-30-17(2)37-27)24(13-19)38(33,34)29-15-20-9-11-21(35-3)14-23(20)36-4/h5-14,25,29H,15H2,1-4H3,(H2,28,32). The van der Waals surface area contributed by atoms with Crippen molar-refractivity contribution in [2.75, 3.05) is 14.2 Å². The number of rotatable bonds is 10. The highest BCUT2D eigenvalue weighted by molar-refractivity contribution is 7.89. The molecule has 0 aliphatic rings. The number of benzene rings is 3. The zero-order valence-corrected chi connectivity index (χ0v) is 22.2. The molecule has 1 amide bonds. The molecule has 38 heavy (non-hydrogen) atoms. The number of hydrogen-bond donors (Lipinski definition) is 2. The van der Waals surface area contributed by atoms with Gasteiger partial charge in [0.15, 0.2) is 0 Å². The van der Waals surface area contributed by atoms with Gasteiger partial charge in [0.25, 0.3) is 0 Å². The van der Waals surface area contributed by atoms with E-state index in [1.165, 1.54) is 26.4 Å². The number of nitrogens with one attached hydrogen (secondary N) is 1. The molecule has 11 heteroatoms. The quantitative estimate of drug-likeness (QED) is 0.313. The molecule has 198 valence electrons. The van der Waals surface area contributed by atoms with E-state index in [0.717, 1.165) is 5.56 Å². The number of carbonyl (C=O) groups is 1. The Morgan fingerprint density at radius 2 is 1.68 bits per heavy atom. The van der Waals surface area contributed by atoms with E-state index in [-0.39, 0.29) is 28.8 Å². The topological polar surface area (TPSA) is 147 Å². The van der Waals surface area contributed by atoms with Crippen molar-refractivity contribution in [2.45, 2.75) is 31.2 Å². The second-order valence-electron chi connectivity index (χ2n) is 8.63. The summed E-state index contributed by atoms with van der Waals surface area (Å²) in [6.07, 6.45) is 0. The Kier molecular flexibility index (Phi) is 7.79. The van der Waals surface area contributed by atoms with Crippen LogP contribution in [-0.4, -0.2) is 38.7 Å². The summed E-state index contributed by atoms with van der Waals surface area (Å²) in [5, 5.41) is 7.82. The first kappa shape index (κ1) is 26.8. The van der Waals surface area contributed by atoms with Crippen molar-refractivity contribution >= 4 is 15.9 Å². The molecule has 1 unspecified atom stereocenters. The molecule has 1 aromatic heterocycles. The summed E-state index contributed by atoms with van der Waals surface area (Å²) in [4.78, 5) is 12.4. The van der Waals surface area contributed by atoms with Crippen LogP contribution in [0.25, 0.3) is 11.5 Å². The smallest absolute Gasteiger partial charge is 0.249 e. The lowest BCUT2D eigenvalue weighted by molar-refractivity contribution is -0.118. The predicted molar refractivity (Wildman–Crippen MR) is 140 cm³/mol.